The van der Waals surface area contributed by atoms with Gasteiger partial charge in [0, 0.05) is 37.0 Å². The van der Waals surface area contributed by atoms with Crippen LogP contribution in [-0.4, -0.2) is 56.2 Å². The van der Waals surface area contributed by atoms with E-state index in [0.29, 0.717) is 51.6 Å². The lowest BCUT2D eigenvalue weighted by molar-refractivity contribution is 0.0823. The van der Waals surface area contributed by atoms with Crippen LogP contribution < -0.4 is 10.5 Å². The molecule has 0 radical (unpaired) electrons. The number of nitriles is 1. The summed E-state index contributed by atoms with van der Waals surface area (Å²) in [5, 5.41) is 15.5. The van der Waals surface area contributed by atoms with Crippen LogP contribution in [0.4, 0.5) is 5.82 Å². The predicted octanol–water partition coefficient (Wildman–Crippen LogP) is 3.67. The van der Waals surface area contributed by atoms with E-state index < -0.39 is 0 Å². The van der Waals surface area contributed by atoms with Crippen molar-refractivity contribution in [1.29, 1.82) is 5.26 Å². The Morgan fingerprint density at radius 2 is 2.03 bits per heavy atom. The molecule has 0 saturated carbocycles. The lowest BCUT2D eigenvalue weighted by atomic mass is 9.89. The van der Waals surface area contributed by atoms with Crippen molar-refractivity contribution >= 4 is 22.8 Å². The van der Waals surface area contributed by atoms with Crippen LogP contribution in [0.25, 0.3) is 22.2 Å². The van der Waals surface area contributed by atoms with E-state index in [4.69, 9.17) is 15.6 Å². The number of ether oxygens (including phenoxy) is 1. The predicted molar refractivity (Wildman–Crippen MR) is 137 cm³/mol. The van der Waals surface area contributed by atoms with Crippen LogP contribution in [0.2, 0.25) is 0 Å². The molecule has 0 fully saturated rings. The standard InChI is InChI=1S/C26H28N8O2/c1-7-36-23-18(16(4)34-25-20(15(3)32-34)24(28)30-13-31-25)11-14(2)19(12-27)21(23)17-9-8-10-29-22(17)26(35)33(5)6/h8-11,13,16H,7H2,1-6H3,(H2,28,30,31). The Morgan fingerprint density at radius 3 is 2.69 bits per heavy atom. The fraction of sp³-hybridized carbons (Fsp3) is 0.308. The molecule has 0 bridgehead atoms. The zero-order valence-corrected chi connectivity index (χ0v) is 21.2. The molecule has 10 nitrogen and oxygen atoms in total. The second-order valence-corrected chi connectivity index (χ2v) is 8.67. The van der Waals surface area contributed by atoms with Crippen molar-refractivity contribution in [2.45, 2.75) is 33.7 Å². The van der Waals surface area contributed by atoms with Crippen LogP contribution in [-0.2, 0) is 0 Å². The molecule has 4 aromatic rings. The summed E-state index contributed by atoms with van der Waals surface area (Å²) in [5.74, 6) is 0.588. The molecule has 0 spiro atoms. The van der Waals surface area contributed by atoms with Gasteiger partial charge in [-0.15, -0.1) is 0 Å². The number of benzene rings is 1. The van der Waals surface area contributed by atoms with Crippen molar-refractivity contribution in [2.75, 3.05) is 26.4 Å². The average molecular weight is 485 g/mol. The first-order chi connectivity index (χ1) is 17.2. The van der Waals surface area contributed by atoms with Crippen LogP contribution in [0, 0.1) is 25.2 Å². The number of carbonyl (C=O) groups excluding carboxylic acids is 1. The second kappa shape index (κ2) is 9.62. The topological polar surface area (TPSA) is 136 Å². The second-order valence-electron chi connectivity index (χ2n) is 8.67. The molecule has 4 rings (SSSR count). The molecule has 0 aliphatic heterocycles. The highest BCUT2D eigenvalue weighted by atomic mass is 16.5. The highest BCUT2D eigenvalue weighted by Crippen LogP contribution is 2.43. The molecule has 2 N–H and O–H groups in total. The van der Waals surface area contributed by atoms with Gasteiger partial charge in [-0.3, -0.25) is 9.78 Å². The quantitative estimate of drug-likeness (QED) is 0.438. The molecule has 1 amide bonds. The Bertz CT molecular complexity index is 1520. The summed E-state index contributed by atoms with van der Waals surface area (Å²) < 4.78 is 7.98. The Labute approximate surface area is 209 Å². The van der Waals surface area contributed by atoms with Crippen molar-refractivity contribution in [2.24, 2.45) is 0 Å². The number of nitrogens with two attached hydrogens (primary N) is 1. The van der Waals surface area contributed by atoms with Crippen molar-refractivity contribution in [3.8, 4) is 22.9 Å². The smallest absolute Gasteiger partial charge is 0.272 e. The summed E-state index contributed by atoms with van der Waals surface area (Å²) in [6.45, 7) is 7.93. The number of carbonyl (C=O) groups is 1. The van der Waals surface area contributed by atoms with Crippen molar-refractivity contribution in [1.82, 2.24) is 29.6 Å². The third-order valence-corrected chi connectivity index (χ3v) is 6.10. The van der Waals surface area contributed by atoms with Gasteiger partial charge < -0.3 is 15.4 Å². The summed E-state index contributed by atoms with van der Waals surface area (Å²) >= 11 is 0. The molecule has 184 valence electrons. The number of rotatable bonds is 6. The van der Waals surface area contributed by atoms with E-state index in [1.807, 2.05) is 33.8 Å². The molecule has 3 heterocycles. The lowest BCUT2D eigenvalue weighted by Crippen LogP contribution is -2.23. The molecule has 10 heteroatoms. The van der Waals surface area contributed by atoms with E-state index >= 15 is 0 Å². The molecule has 0 saturated heterocycles. The molecular weight excluding hydrogens is 456 g/mol. The number of amides is 1. The maximum Gasteiger partial charge on any atom is 0.272 e. The van der Waals surface area contributed by atoms with Crippen LogP contribution in [0.3, 0.4) is 0 Å². The fourth-order valence-corrected chi connectivity index (χ4v) is 4.40. The van der Waals surface area contributed by atoms with Gasteiger partial charge in [0.2, 0.25) is 0 Å². The van der Waals surface area contributed by atoms with E-state index in [-0.39, 0.29) is 17.6 Å². The third-order valence-electron chi connectivity index (χ3n) is 6.10. The number of pyridine rings is 1. The monoisotopic (exact) mass is 484 g/mol. The number of nitrogens with zero attached hydrogens (tertiary/aromatic N) is 7. The number of aromatic nitrogens is 5. The Morgan fingerprint density at radius 1 is 1.28 bits per heavy atom. The Hall–Kier alpha value is -4.52. The van der Waals surface area contributed by atoms with E-state index in [9.17, 15) is 10.1 Å². The number of nitrogen functional groups attached to an aromatic ring is 1. The Balaban J connectivity index is 2.05. The molecule has 0 aliphatic rings. The highest BCUT2D eigenvalue weighted by molar-refractivity contribution is 6.00. The van der Waals surface area contributed by atoms with E-state index in [1.54, 1.807) is 37.1 Å². The molecule has 36 heavy (non-hydrogen) atoms. The van der Waals surface area contributed by atoms with Crippen LogP contribution in [0.15, 0.2) is 30.7 Å². The summed E-state index contributed by atoms with van der Waals surface area (Å²) in [4.78, 5) is 27.4. The van der Waals surface area contributed by atoms with Gasteiger partial charge >= 0.3 is 0 Å². The number of fused-ring (bicyclic) bond motifs is 1. The maximum absolute atomic E-state index is 13.0. The average Bonchev–Trinajstić information content (AvgIpc) is 3.21. The van der Waals surface area contributed by atoms with Gasteiger partial charge in [-0.1, -0.05) is 6.07 Å². The Kier molecular flexibility index (Phi) is 6.57. The van der Waals surface area contributed by atoms with Crippen molar-refractivity contribution in [3.05, 3.63) is 58.8 Å². The first kappa shape index (κ1) is 24.6. The van der Waals surface area contributed by atoms with Crippen LogP contribution >= 0.6 is 0 Å². The van der Waals surface area contributed by atoms with Gasteiger partial charge in [-0.25, -0.2) is 14.6 Å². The minimum Gasteiger partial charge on any atom is -0.493 e. The van der Waals surface area contributed by atoms with Gasteiger partial charge in [0.05, 0.1) is 29.3 Å². The zero-order chi connectivity index (χ0) is 26.1. The minimum absolute atomic E-state index is 0.241. The summed E-state index contributed by atoms with van der Waals surface area (Å²) in [5.41, 5.74) is 10.7. The summed E-state index contributed by atoms with van der Waals surface area (Å²) in [7, 11) is 3.33. The van der Waals surface area contributed by atoms with Gasteiger partial charge in [0.25, 0.3) is 5.91 Å². The normalized spacial score (nSPS) is 11.8. The van der Waals surface area contributed by atoms with Crippen molar-refractivity contribution < 1.29 is 9.53 Å². The highest BCUT2D eigenvalue weighted by Gasteiger charge is 2.28. The van der Waals surface area contributed by atoms with Crippen LogP contribution in [0.1, 0.15) is 52.8 Å². The summed E-state index contributed by atoms with van der Waals surface area (Å²) in [6.07, 6.45) is 2.98. The number of hydrogen-bond donors (Lipinski definition) is 1. The number of aryl methyl sites for hydroxylation is 2. The molecule has 0 aliphatic carbocycles. The number of hydrogen-bond acceptors (Lipinski definition) is 8. The van der Waals surface area contributed by atoms with E-state index in [1.165, 1.54) is 11.2 Å². The fourth-order valence-electron chi connectivity index (χ4n) is 4.40. The first-order valence-electron chi connectivity index (χ1n) is 11.5. The van der Waals surface area contributed by atoms with Crippen molar-refractivity contribution in [3.63, 3.8) is 0 Å². The number of anilines is 1. The lowest BCUT2D eigenvalue weighted by Gasteiger charge is -2.24. The molecular formula is C26H28N8O2. The van der Waals surface area contributed by atoms with E-state index in [0.717, 1.165) is 11.1 Å². The molecule has 3 aromatic heterocycles. The third kappa shape index (κ3) is 3.98. The SMILES string of the molecule is CCOc1c(C(C)n2nc(C)c3c(N)ncnc32)cc(C)c(C#N)c1-c1cccnc1C(=O)N(C)C. The van der Waals surface area contributed by atoms with E-state index in [2.05, 4.69) is 21.0 Å². The van der Waals surface area contributed by atoms with Crippen LogP contribution in [0.5, 0.6) is 5.75 Å². The van der Waals surface area contributed by atoms with Gasteiger partial charge in [0.1, 0.15) is 29.7 Å². The molecule has 1 unspecified atom stereocenters. The van der Waals surface area contributed by atoms with Gasteiger partial charge in [-0.2, -0.15) is 10.4 Å². The maximum atomic E-state index is 13.0. The summed E-state index contributed by atoms with van der Waals surface area (Å²) in [6, 6.07) is 7.43. The first-order valence-corrected chi connectivity index (χ1v) is 11.5. The minimum atomic E-state index is -0.341. The zero-order valence-electron chi connectivity index (χ0n) is 21.2. The van der Waals surface area contributed by atoms with Gasteiger partial charge in [0.15, 0.2) is 5.65 Å². The molecule has 1 aromatic carbocycles. The van der Waals surface area contributed by atoms with Gasteiger partial charge in [-0.05, 0) is 45.4 Å². The molecule has 1 atom stereocenters. The largest absolute Gasteiger partial charge is 0.493 e.